The second-order valence-corrected chi connectivity index (χ2v) is 6.20. The van der Waals surface area contributed by atoms with Gasteiger partial charge in [-0.2, -0.15) is 0 Å². The van der Waals surface area contributed by atoms with Crippen LogP contribution < -0.4 is 15.4 Å². The number of hydrogen-bond donors (Lipinski definition) is 1. The van der Waals surface area contributed by atoms with Gasteiger partial charge < -0.3 is 15.4 Å². The summed E-state index contributed by atoms with van der Waals surface area (Å²) in [5.74, 6) is 0.897. The number of nitrogens with zero attached hydrogens (tertiary/aromatic N) is 1. The summed E-state index contributed by atoms with van der Waals surface area (Å²) in [4.78, 5) is 2.37. The molecule has 0 spiro atoms. The Hall–Kier alpha value is -1.68. The highest BCUT2D eigenvalue weighted by molar-refractivity contribution is 9.10. The first-order valence-corrected chi connectivity index (χ1v) is 8.03. The molecular weight excluding hydrogens is 328 g/mol. The molecule has 0 aromatic heterocycles. The molecule has 1 aliphatic rings. The Bertz CT molecular complexity index is 630. The van der Waals surface area contributed by atoms with Crippen LogP contribution in [0.25, 0.3) is 0 Å². The molecule has 0 amide bonds. The van der Waals surface area contributed by atoms with Gasteiger partial charge in [0.25, 0.3) is 0 Å². The Morgan fingerprint density at radius 1 is 1.19 bits per heavy atom. The van der Waals surface area contributed by atoms with Gasteiger partial charge >= 0.3 is 0 Å². The van der Waals surface area contributed by atoms with Gasteiger partial charge in [0.15, 0.2) is 0 Å². The fraction of sp³-hybridized carbons (Fsp3) is 0.294. The first-order valence-electron chi connectivity index (χ1n) is 7.24. The molecule has 0 saturated carbocycles. The monoisotopic (exact) mass is 346 g/mol. The van der Waals surface area contributed by atoms with E-state index >= 15 is 0 Å². The summed E-state index contributed by atoms with van der Waals surface area (Å²) in [5, 5.41) is 0. The minimum absolute atomic E-state index is 0.671. The molecule has 3 rings (SSSR count). The van der Waals surface area contributed by atoms with Crippen molar-refractivity contribution in [2.24, 2.45) is 0 Å². The number of nitrogen functional groups attached to an aromatic ring is 1. The number of ether oxygens (including phenoxy) is 1. The third kappa shape index (κ3) is 3.50. The molecular formula is C17H19BrN2O. The summed E-state index contributed by atoms with van der Waals surface area (Å²) >= 11 is 3.46. The summed E-state index contributed by atoms with van der Waals surface area (Å²) in [7, 11) is 0. The molecule has 110 valence electrons. The van der Waals surface area contributed by atoms with Crippen molar-refractivity contribution in [3.63, 3.8) is 0 Å². The van der Waals surface area contributed by atoms with E-state index < -0.39 is 0 Å². The number of benzene rings is 2. The Morgan fingerprint density at radius 3 is 2.95 bits per heavy atom. The molecule has 4 heteroatoms. The Kier molecular flexibility index (Phi) is 4.34. The quantitative estimate of drug-likeness (QED) is 0.854. The highest BCUT2D eigenvalue weighted by Crippen LogP contribution is 2.29. The summed E-state index contributed by atoms with van der Waals surface area (Å²) in [6.07, 6.45) is 2.33. The SMILES string of the molecule is Nc1ccc2c(c1)N(CCOc1cccc(Br)c1)CCC2. The lowest BCUT2D eigenvalue weighted by molar-refractivity contribution is 0.322. The summed E-state index contributed by atoms with van der Waals surface area (Å²) < 4.78 is 6.87. The van der Waals surface area contributed by atoms with Crippen LogP contribution >= 0.6 is 15.9 Å². The lowest BCUT2D eigenvalue weighted by atomic mass is 10.0. The van der Waals surface area contributed by atoms with Gasteiger partial charge in [-0.3, -0.25) is 0 Å². The van der Waals surface area contributed by atoms with Gasteiger partial charge in [0.05, 0.1) is 6.54 Å². The van der Waals surface area contributed by atoms with Crippen LogP contribution in [-0.4, -0.2) is 19.7 Å². The van der Waals surface area contributed by atoms with E-state index in [1.54, 1.807) is 0 Å². The van der Waals surface area contributed by atoms with Gasteiger partial charge in [0, 0.05) is 22.4 Å². The second kappa shape index (κ2) is 6.39. The van der Waals surface area contributed by atoms with Crippen LogP contribution in [0.15, 0.2) is 46.9 Å². The van der Waals surface area contributed by atoms with E-state index in [0.29, 0.717) is 6.61 Å². The Morgan fingerprint density at radius 2 is 2.10 bits per heavy atom. The van der Waals surface area contributed by atoms with Gasteiger partial charge in [-0.25, -0.2) is 0 Å². The first-order chi connectivity index (χ1) is 10.2. The van der Waals surface area contributed by atoms with Gasteiger partial charge in [-0.15, -0.1) is 0 Å². The molecule has 0 atom stereocenters. The highest BCUT2D eigenvalue weighted by atomic mass is 79.9. The van der Waals surface area contributed by atoms with Crippen molar-refractivity contribution in [3.8, 4) is 5.75 Å². The summed E-state index contributed by atoms with van der Waals surface area (Å²) in [5.41, 5.74) is 9.39. The minimum atomic E-state index is 0.671. The standard InChI is InChI=1S/C17H19BrN2O/c18-14-4-1-5-16(11-14)21-10-9-20-8-2-3-13-6-7-15(19)12-17(13)20/h1,4-7,11-12H,2-3,8-10,19H2. The number of halogens is 1. The van der Waals surface area contributed by atoms with Crippen LogP contribution in [0, 0.1) is 0 Å². The molecule has 0 radical (unpaired) electrons. The number of anilines is 2. The van der Waals surface area contributed by atoms with Crippen LogP contribution in [0.4, 0.5) is 11.4 Å². The lowest BCUT2D eigenvalue weighted by Crippen LogP contribution is -2.33. The normalized spacial score (nSPS) is 13.9. The molecule has 3 nitrogen and oxygen atoms in total. The highest BCUT2D eigenvalue weighted by Gasteiger charge is 2.16. The van der Waals surface area contributed by atoms with Crippen molar-refractivity contribution in [1.82, 2.24) is 0 Å². The number of fused-ring (bicyclic) bond motifs is 1. The summed E-state index contributed by atoms with van der Waals surface area (Å²) in [6.45, 7) is 2.62. The third-order valence-corrected chi connectivity index (χ3v) is 4.24. The first kappa shape index (κ1) is 14.3. The van der Waals surface area contributed by atoms with Crippen molar-refractivity contribution in [1.29, 1.82) is 0 Å². The van der Waals surface area contributed by atoms with Crippen molar-refractivity contribution in [3.05, 3.63) is 52.5 Å². The molecule has 21 heavy (non-hydrogen) atoms. The minimum Gasteiger partial charge on any atom is -0.492 e. The zero-order valence-corrected chi connectivity index (χ0v) is 13.5. The predicted octanol–water partition coefficient (Wildman–Crippen LogP) is 3.86. The molecule has 0 aliphatic carbocycles. The molecule has 2 N–H and O–H groups in total. The molecule has 2 aromatic rings. The molecule has 0 fully saturated rings. The van der Waals surface area contributed by atoms with E-state index in [1.165, 1.54) is 17.7 Å². The van der Waals surface area contributed by atoms with Gasteiger partial charge in [-0.05, 0) is 48.7 Å². The van der Waals surface area contributed by atoms with E-state index in [-0.39, 0.29) is 0 Å². The average Bonchev–Trinajstić information content (AvgIpc) is 2.48. The molecule has 0 bridgehead atoms. The number of rotatable bonds is 4. The topological polar surface area (TPSA) is 38.5 Å². The van der Waals surface area contributed by atoms with E-state index in [2.05, 4.69) is 33.0 Å². The molecule has 2 aromatic carbocycles. The maximum absolute atomic E-state index is 5.92. The van der Waals surface area contributed by atoms with Crippen molar-refractivity contribution in [2.45, 2.75) is 12.8 Å². The Balaban J connectivity index is 1.63. The fourth-order valence-electron chi connectivity index (χ4n) is 2.73. The predicted molar refractivity (Wildman–Crippen MR) is 91.0 cm³/mol. The van der Waals surface area contributed by atoms with E-state index in [1.807, 2.05) is 30.3 Å². The third-order valence-electron chi connectivity index (χ3n) is 3.75. The second-order valence-electron chi connectivity index (χ2n) is 5.28. The van der Waals surface area contributed by atoms with Crippen LogP contribution in [0.2, 0.25) is 0 Å². The van der Waals surface area contributed by atoms with E-state index in [4.69, 9.17) is 10.5 Å². The Labute approximate surface area is 133 Å². The van der Waals surface area contributed by atoms with Gasteiger partial charge in [-0.1, -0.05) is 28.1 Å². The smallest absolute Gasteiger partial charge is 0.120 e. The van der Waals surface area contributed by atoms with Crippen molar-refractivity contribution >= 4 is 27.3 Å². The number of nitrogens with two attached hydrogens (primary N) is 1. The van der Waals surface area contributed by atoms with E-state index in [0.717, 1.165) is 35.4 Å². The van der Waals surface area contributed by atoms with Gasteiger partial charge in [0.1, 0.15) is 12.4 Å². The number of aryl methyl sites for hydroxylation is 1. The zero-order chi connectivity index (χ0) is 14.7. The maximum Gasteiger partial charge on any atom is 0.120 e. The molecule has 0 unspecified atom stereocenters. The fourth-order valence-corrected chi connectivity index (χ4v) is 3.11. The van der Waals surface area contributed by atoms with Crippen LogP contribution in [-0.2, 0) is 6.42 Å². The van der Waals surface area contributed by atoms with Crippen LogP contribution in [0.3, 0.4) is 0 Å². The average molecular weight is 347 g/mol. The van der Waals surface area contributed by atoms with Crippen molar-refractivity contribution in [2.75, 3.05) is 30.3 Å². The zero-order valence-electron chi connectivity index (χ0n) is 11.9. The maximum atomic E-state index is 5.92. The van der Waals surface area contributed by atoms with E-state index in [9.17, 15) is 0 Å². The summed E-state index contributed by atoms with van der Waals surface area (Å²) in [6, 6.07) is 14.2. The number of hydrogen-bond acceptors (Lipinski definition) is 3. The van der Waals surface area contributed by atoms with Crippen molar-refractivity contribution < 1.29 is 4.74 Å². The largest absolute Gasteiger partial charge is 0.492 e. The van der Waals surface area contributed by atoms with Crippen LogP contribution in [0.1, 0.15) is 12.0 Å². The lowest BCUT2D eigenvalue weighted by Gasteiger charge is -2.31. The van der Waals surface area contributed by atoms with Gasteiger partial charge in [0.2, 0.25) is 0 Å². The molecule has 0 saturated heterocycles. The molecule has 1 heterocycles. The van der Waals surface area contributed by atoms with Crippen LogP contribution in [0.5, 0.6) is 5.75 Å². The molecule has 1 aliphatic heterocycles.